The van der Waals surface area contributed by atoms with Crippen LogP contribution in [0.1, 0.15) is 23.0 Å². The lowest BCUT2D eigenvalue weighted by Gasteiger charge is -2.11. The molecule has 0 aliphatic rings. The van der Waals surface area contributed by atoms with Gasteiger partial charge in [-0.15, -0.1) is 0 Å². The molecule has 0 radical (unpaired) electrons. The maximum absolute atomic E-state index is 12.9. The molecule has 0 spiro atoms. The highest BCUT2D eigenvalue weighted by molar-refractivity contribution is 6.08. The molecule has 4 aromatic rings. The summed E-state index contributed by atoms with van der Waals surface area (Å²) < 4.78 is 12.8. The summed E-state index contributed by atoms with van der Waals surface area (Å²) in [5.74, 6) is 1.70. The first-order valence-corrected chi connectivity index (χ1v) is 9.07. The van der Waals surface area contributed by atoms with E-state index in [0.717, 1.165) is 12.1 Å². The van der Waals surface area contributed by atoms with Gasteiger partial charge in [-0.2, -0.15) is 0 Å². The van der Waals surface area contributed by atoms with E-state index in [1.807, 2.05) is 19.1 Å². The topological polar surface area (TPSA) is 90.6 Å². The number of nitrogens with zero attached hydrogens (tertiary/aromatic N) is 4. The van der Waals surface area contributed by atoms with Crippen LogP contribution in [-0.2, 0) is 6.42 Å². The molecule has 4 rings (SSSR count). The van der Waals surface area contributed by atoms with Gasteiger partial charge in [-0.3, -0.25) is 9.78 Å². The average molecular weight is 389 g/mol. The van der Waals surface area contributed by atoms with Crippen LogP contribution in [0.3, 0.4) is 0 Å². The molecule has 0 bridgehead atoms. The number of rotatable bonds is 6. The zero-order valence-corrected chi connectivity index (χ0v) is 16.0. The molecule has 4 heterocycles. The van der Waals surface area contributed by atoms with E-state index >= 15 is 0 Å². The lowest BCUT2D eigenvalue weighted by Crippen LogP contribution is -2.15. The van der Waals surface area contributed by atoms with Crippen LogP contribution >= 0.6 is 0 Å². The fraction of sp³-hybridized carbons (Fsp3) is 0.143. The third kappa shape index (κ3) is 4.01. The number of imidazole rings is 1. The van der Waals surface area contributed by atoms with Crippen molar-refractivity contribution in [2.75, 3.05) is 12.4 Å². The third-order valence-electron chi connectivity index (χ3n) is 4.28. The number of pyridine rings is 3. The van der Waals surface area contributed by atoms with Gasteiger partial charge in [0, 0.05) is 24.2 Å². The fourth-order valence-electron chi connectivity index (χ4n) is 2.86. The van der Waals surface area contributed by atoms with Crippen LogP contribution in [-0.4, -0.2) is 32.4 Å². The van der Waals surface area contributed by atoms with Crippen LogP contribution in [0.15, 0.2) is 61.3 Å². The van der Waals surface area contributed by atoms with Crippen LogP contribution in [0.25, 0.3) is 5.65 Å². The zero-order chi connectivity index (χ0) is 20.2. The number of amides is 1. The van der Waals surface area contributed by atoms with Crippen LogP contribution < -0.4 is 14.8 Å². The lowest BCUT2D eigenvalue weighted by atomic mass is 10.2. The van der Waals surface area contributed by atoms with E-state index in [2.05, 4.69) is 20.3 Å². The summed E-state index contributed by atoms with van der Waals surface area (Å²) in [5.41, 5.74) is 1.79. The number of hydrogen-bond donors (Lipinski definition) is 1. The molecule has 0 aromatic carbocycles. The second-order valence-electron chi connectivity index (χ2n) is 6.23. The van der Waals surface area contributed by atoms with Gasteiger partial charge in [0.05, 0.1) is 31.3 Å². The summed E-state index contributed by atoms with van der Waals surface area (Å²) in [4.78, 5) is 25.7. The maximum atomic E-state index is 12.9. The van der Waals surface area contributed by atoms with Crippen molar-refractivity contribution in [3.8, 4) is 17.2 Å². The summed E-state index contributed by atoms with van der Waals surface area (Å²) >= 11 is 0. The summed E-state index contributed by atoms with van der Waals surface area (Å²) in [6, 6.07) is 8.88. The number of aryl methyl sites for hydroxylation is 1. The normalized spacial score (nSPS) is 10.7. The van der Waals surface area contributed by atoms with E-state index in [1.165, 1.54) is 0 Å². The Morgan fingerprint density at radius 3 is 2.86 bits per heavy atom. The van der Waals surface area contributed by atoms with Gasteiger partial charge < -0.3 is 19.2 Å². The Bertz CT molecular complexity index is 1170. The molecule has 146 valence electrons. The zero-order valence-electron chi connectivity index (χ0n) is 16.0. The van der Waals surface area contributed by atoms with Gasteiger partial charge in [0.15, 0.2) is 0 Å². The van der Waals surface area contributed by atoms with Gasteiger partial charge in [-0.1, -0.05) is 13.0 Å². The van der Waals surface area contributed by atoms with Crippen molar-refractivity contribution in [2.45, 2.75) is 13.3 Å². The number of carbonyl (C=O) groups excluding carboxylic acids is 1. The van der Waals surface area contributed by atoms with Gasteiger partial charge in [0.1, 0.15) is 28.7 Å². The SMILES string of the molecule is CCc1cccc(NC(=O)c2cc(Oc3cncc(OC)c3)cn3ccnc23)n1. The highest BCUT2D eigenvalue weighted by Crippen LogP contribution is 2.26. The van der Waals surface area contributed by atoms with E-state index in [1.54, 1.807) is 60.7 Å². The van der Waals surface area contributed by atoms with Gasteiger partial charge >= 0.3 is 0 Å². The predicted octanol–water partition coefficient (Wildman–Crippen LogP) is 3.74. The molecule has 4 aromatic heterocycles. The molecule has 29 heavy (non-hydrogen) atoms. The number of nitrogens with one attached hydrogen (secondary N) is 1. The van der Waals surface area contributed by atoms with E-state index in [9.17, 15) is 4.79 Å². The highest BCUT2D eigenvalue weighted by Gasteiger charge is 2.16. The Kier molecular flexibility index (Phi) is 5.07. The molecule has 0 atom stereocenters. The van der Waals surface area contributed by atoms with Gasteiger partial charge in [0.2, 0.25) is 0 Å². The number of ether oxygens (including phenoxy) is 2. The summed E-state index contributed by atoms with van der Waals surface area (Å²) in [6.07, 6.45) is 9.06. The lowest BCUT2D eigenvalue weighted by molar-refractivity contribution is 0.102. The molecular formula is C21H19N5O3. The van der Waals surface area contributed by atoms with Crippen molar-refractivity contribution in [2.24, 2.45) is 0 Å². The van der Waals surface area contributed by atoms with Gasteiger partial charge in [-0.05, 0) is 24.6 Å². The molecule has 8 nitrogen and oxygen atoms in total. The number of fused-ring (bicyclic) bond motifs is 1. The van der Waals surface area contributed by atoms with Crippen LogP contribution in [0.2, 0.25) is 0 Å². The van der Waals surface area contributed by atoms with E-state index in [-0.39, 0.29) is 5.91 Å². The number of methoxy groups -OCH3 is 1. The van der Waals surface area contributed by atoms with Crippen molar-refractivity contribution in [1.82, 2.24) is 19.4 Å². The van der Waals surface area contributed by atoms with E-state index in [0.29, 0.717) is 34.3 Å². The Hall–Kier alpha value is -3.94. The van der Waals surface area contributed by atoms with Crippen molar-refractivity contribution < 1.29 is 14.3 Å². The van der Waals surface area contributed by atoms with Crippen molar-refractivity contribution >= 4 is 17.4 Å². The van der Waals surface area contributed by atoms with E-state index in [4.69, 9.17) is 9.47 Å². The first kappa shape index (κ1) is 18.4. The predicted molar refractivity (Wildman–Crippen MR) is 108 cm³/mol. The summed E-state index contributed by atoms with van der Waals surface area (Å²) in [7, 11) is 1.56. The molecule has 0 unspecified atom stereocenters. The van der Waals surface area contributed by atoms with Gasteiger partial charge in [-0.25, -0.2) is 9.97 Å². The first-order valence-electron chi connectivity index (χ1n) is 9.07. The number of anilines is 1. The standard InChI is InChI=1S/C21H19N5O3/c1-3-14-5-4-6-19(24-14)25-21(27)18-10-17(13-26-8-7-23-20(18)26)29-16-9-15(28-2)11-22-12-16/h4-13H,3H2,1-2H3,(H,24,25,27). The van der Waals surface area contributed by atoms with Crippen molar-refractivity contribution in [3.63, 3.8) is 0 Å². The Morgan fingerprint density at radius 2 is 2.03 bits per heavy atom. The quantitative estimate of drug-likeness (QED) is 0.540. The van der Waals surface area contributed by atoms with E-state index < -0.39 is 0 Å². The molecule has 1 amide bonds. The third-order valence-corrected chi connectivity index (χ3v) is 4.28. The smallest absolute Gasteiger partial charge is 0.260 e. The van der Waals surface area contributed by atoms with Crippen molar-refractivity contribution in [1.29, 1.82) is 0 Å². The molecule has 0 saturated heterocycles. The largest absolute Gasteiger partial charge is 0.495 e. The van der Waals surface area contributed by atoms with Crippen LogP contribution in [0.4, 0.5) is 5.82 Å². The monoisotopic (exact) mass is 389 g/mol. The number of carbonyl (C=O) groups is 1. The van der Waals surface area contributed by atoms with Crippen molar-refractivity contribution in [3.05, 3.63) is 72.6 Å². The molecule has 0 aliphatic carbocycles. The molecule has 0 saturated carbocycles. The second kappa shape index (κ2) is 7.97. The summed E-state index contributed by atoms with van der Waals surface area (Å²) in [6.45, 7) is 2.01. The minimum atomic E-state index is -0.323. The Labute approximate surface area is 167 Å². The average Bonchev–Trinajstić information content (AvgIpc) is 3.22. The summed E-state index contributed by atoms with van der Waals surface area (Å²) in [5, 5.41) is 2.83. The Balaban J connectivity index is 1.66. The van der Waals surface area contributed by atoms with Gasteiger partial charge in [0.25, 0.3) is 5.91 Å². The van der Waals surface area contributed by atoms with Crippen LogP contribution in [0, 0.1) is 0 Å². The first-order chi connectivity index (χ1) is 14.2. The highest BCUT2D eigenvalue weighted by atomic mass is 16.5. The molecule has 1 N–H and O–H groups in total. The Morgan fingerprint density at radius 1 is 1.17 bits per heavy atom. The minimum Gasteiger partial charge on any atom is -0.495 e. The molecule has 0 aliphatic heterocycles. The maximum Gasteiger partial charge on any atom is 0.260 e. The fourth-order valence-corrected chi connectivity index (χ4v) is 2.86. The minimum absolute atomic E-state index is 0.323. The number of aromatic nitrogens is 4. The molecule has 8 heteroatoms. The second-order valence-corrected chi connectivity index (χ2v) is 6.23. The molecular weight excluding hydrogens is 370 g/mol. The molecule has 0 fully saturated rings. The van der Waals surface area contributed by atoms with Crippen LogP contribution in [0.5, 0.6) is 17.2 Å². The number of hydrogen-bond acceptors (Lipinski definition) is 6.